The lowest BCUT2D eigenvalue weighted by Crippen LogP contribution is -2.44. The van der Waals surface area contributed by atoms with Gasteiger partial charge < -0.3 is 23.8 Å². The molecule has 2 aliphatic rings. The Morgan fingerprint density at radius 2 is 1.86 bits per heavy atom. The van der Waals surface area contributed by atoms with E-state index in [-0.39, 0.29) is 19.0 Å². The number of hydrogen-bond donors (Lipinski definition) is 0. The van der Waals surface area contributed by atoms with Crippen molar-refractivity contribution in [1.29, 1.82) is 0 Å². The van der Waals surface area contributed by atoms with Crippen LogP contribution in [-0.4, -0.2) is 50.6 Å². The third-order valence-electron chi connectivity index (χ3n) is 6.98. The number of rotatable bonds is 8. The van der Waals surface area contributed by atoms with Gasteiger partial charge >= 0.3 is 11.9 Å². The van der Waals surface area contributed by atoms with Crippen LogP contribution in [0, 0.1) is 18.8 Å². The van der Waals surface area contributed by atoms with E-state index in [0.717, 1.165) is 48.4 Å². The van der Waals surface area contributed by atoms with Crippen LogP contribution in [0.25, 0.3) is 0 Å². The first-order chi connectivity index (χ1) is 18.0. The van der Waals surface area contributed by atoms with Gasteiger partial charge in [0.2, 0.25) is 0 Å². The van der Waals surface area contributed by atoms with Crippen molar-refractivity contribution >= 4 is 28.3 Å². The molecule has 1 aliphatic heterocycles. The minimum Gasteiger partial charge on any atom is -0.465 e. The highest BCUT2D eigenvalue weighted by molar-refractivity contribution is 7.17. The van der Waals surface area contributed by atoms with Gasteiger partial charge in [0, 0.05) is 31.8 Å². The van der Waals surface area contributed by atoms with Crippen molar-refractivity contribution in [2.45, 2.75) is 70.8 Å². The summed E-state index contributed by atoms with van der Waals surface area (Å²) < 4.78 is 22.2. The number of esters is 2. The lowest BCUT2D eigenvalue weighted by atomic mass is 9.89. The maximum absolute atomic E-state index is 12.7. The van der Waals surface area contributed by atoms with Crippen LogP contribution >= 0.6 is 11.3 Å². The Balaban J connectivity index is 1.42. The molecule has 1 spiro atoms. The van der Waals surface area contributed by atoms with Crippen molar-refractivity contribution < 1.29 is 28.5 Å². The molecule has 2 heterocycles. The Kier molecular flexibility index (Phi) is 9.25. The summed E-state index contributed by atoms with van der Waals surface area (Å²) in [6, 6.07) is 9.91. The van der Waals surface area contributed by atoms with Crippen LogP contribution in [0.5, 0.6) is 0 Å². The van der Waals surface area contributed by atoms with E-state index in [4.69, 9.17) is 18.9 Å². The second-order valence-electron chi connectivity index (χ2n) is 9.30. The predicted octanol–water partition coefficient (Wildman–Crippen LogP) is 5.23. The first-order valence-electron chi connectivity index (χ1n) is 12.9. The summed E-state index contributed by atoms with van der Waals surface area (Å²) in [7, 11) is 1.39. The van der Waals surface area contributed by atoms with Crippen molar-refractivity contribution in [1.82, 2.24) is 0 Å². The lowest BCUT2D eigenvalue weighted by molar-refractivity contribution is -0.178. The van der Waals surface area contributed by atoms with Crippen molar-refractivity contribution in [3.63, 3.8) is 0 Å². The molecule has 1 saturated carbocycles. The summed E-state index contributed by atoms with van der Waals surface area (Å²) in [4.78, 5) is 27.8. The summed E-state index contributed by atoms with van der Waals surface area (Å²) in [6.45, 7) is 6.50. The number of thiophene rings is 1. The van der Waals surface area contributed by atoms with Gasteiger partial charge in [-0.2, -0.15) is 0 Å². The highest BCUT2D eigenvalue weighted by Crippen LogP contribution is 2.42. The molecule has 2 aromatic rings. The number of hydrogen-bond acceptors (Lipinski definition) is 8. The van der Waals surface area contributed by atoms with Crippen LogP contribution in [0.2, 0.25) is 0 Å². The Hall–Kier alpha value is -2.86. The van der Waals surface area contributed by atoms with Gasteiger partial charge in [-0.25, -0.2) is 4.79 Å². The molecule has 2 fully saturated rings. The summed E-state index contributed by atoms with van der Waals surface area (Å²) in [5.74, 6) is 5.10. The third-order valence-corrected chi connectivity index (χ3v) is 8.23. The summed E-state index contributed by atoms with van der Waals surface area (Å²) >= 11 is 1.52. The maximum atomic E-state index is 12.7. The van der Waals surface area contributed by atoms with E-state index in [1.807, 2.05) is 37.3 Å². The van der Waals surface area contributed by atoms with E-state index in [1.165, 1.54) is 18.4 Å². The van der Waals surface area contributed by atoms with Crippen LogP contribution in [-0.2, 0) is 30.3 Å². The molecule has 1 aromatic heterocycles. The lowest BCUT2D eigenvalue weighted by Gasteiger charge is -2.40. The number of carbonyl (C=O) groups excluding carboxylic acids is 2. The Morgan fingerprint density at radius 1 is 1.16 bits per heavy atom. The van der Waals surface area contributed by atoms with Gasteiger partial charge in [-0.1, -0.05) is 42.2 Å². The maximum Gasteiger partial charge on any atom is 0.340 e. The van der Waals surface area contributed by atoms with Gasteiger partial charge in [-0.15, -0.1) is 11.3 Å². The highest BCUT2D eigenvalue weighted by atomic mass is 32.1. The molecule has 1 aliphatic carbocycles. The summed E-state index contributed by atoms with van der Waals surface area (Å²) in [6.07, 6.45) is 4.21. The van der Waals surface area contributed by atoms with Gasteiger partial charge in [0.15, 0.2) is 5.79 Å². The van der Waals surface area contributed by atoms with E-state index in [9.17, 15) is 9.59 Å². The molecule has 0 atom stereocenters. The summed E-state index contributed by atoms with van der Waals surface area (Å²) in [5.41, 5.74) is 2.34. The first kappa shape index (κ1) is 27.2. The van der Waals surface area contributed by atoms with E-state index in [2.05, 4.69) is 23.7 Å². The molecule has 4 rings (SSSR count). The van der Waals surface area contributed by atoms with Crippen LogP contribution in [0.15, 0.2) is 30.3 Å². The molecule has 0 bridgehead atoms. The zero-order valence-electron chi connectivity index (χ0n) is 21.8. The third kappa shape index (κ3) is 6.53. The smallest absolute Gasteiger partial charge is 0.340 e. The fourth-order valence-electron chi connectivity index (χ4n) is 5.04. The molecule has 7 nitrogen and oxygen atoms in total. The molecule has 0 unspecified atom stereocenters. The second kappa shape index (κ2) is 12.6. The number of ether oxygens (including phenoxy) is 4. The van der Waals surface area contributed by atoms with E-state index >= 15 is 0 Å². The molecule has 0 amide bonds. The van der Waals surface area contributed by atoms with Crippen LogP contribution in [0.4, 0.5) is 5.00 Å². The molecule has 198 valence electrons. The average molecular weight is 526 g/mol. The molecule has 37 heavy (non-hydrogen) atoms. The van der Waals surface area contributed by atoms with Crippen LogP contribution < -0.4 is 4.90 Å². The largest absolute Gasteiger partial charge is 0.465 e. The zero-order valence-corrected chi connectivity index (χ0v) is 22.7. The van der Waals surface area contributed by atoms with Crippen LogP contribution in [0.3, 0.4) is 0 Å². The minimum absolute atomic E-state index is 0.194. The van der Waals surface area contributed by atoms with Crippen LogP contribution in [0.1, 0.15) is 71.8 Å². The number of carbonyl (C=O) groups is 2. The molecule has 0 N–H and O–H groups in total. The van der Waals surface area contributed by atoms with Crippen molar-refractivity contribution in [2.24, 2.45) is 0 Å². The zero-order chi connectivity index (χ0) is 26.3. The number of nitrogens with zero attached hydrogens (tertiary/aromatic N) is 1. The molecule has 8 heteroatoms. The first-order valence-corrected chi connectivity index (χ1v) is 13.7. The number of benzene rings is 1. The van der Waals surface area contributed by atoms with Crippen molar-refractivity contribution in [2.75, 3.05) is 31.8 Å². The SMILES string of the molecule is CCN(c1sc(C#CCCC(=O)OCc2ccccc2)c(C(=O)OC)c1C)C1CCC2(CC1)OCCO2. The molecular formula is C29H35NO6S. The Labute approximate surface area is 223 Å². The van der Waals surface area contributed by atoms with E-state index < -0.39 is 11.8 Å². The topological polar surface area (TPSA) is 74.3 Å². The van der Waals surface area contributed by atoms with E-state index in [1.54, 1.807) is 0 Å². The predicted molar refractivity (Wildman–Crippen MR) is 143 cm³/mol. The van der Waals surface area contributed by atoms with Gasteiger partial charge in [0.05, 0.1) is 42.2 Å². The highest BCUT2D eigenvalue weighted by Gasteiger charge is 2.42. The summed E-state index contributed by atoms with van der Waals surface area (Å²) in [5, 5.41) is 1.05. The Bertz CT molecular complexity index is 1130. The average Bonchev–Trinajstić information content (AvgIpc) is 3.51. The fraction of sp³-hybridized carbons (Fsp3) is 0.517. The van der Waals surface area contributed by atoms with Crippen molar-refractivity contribution in [3.8, 4) is 11.8 Å². The molecule has 1 aromatic carbocycles. The molecule has 1 saturated heterocycles. The van der Waals surface area contributed by atoms with Gasteiger partial charge in [-0.05, 0) is 37.8 Å². The minimum atomic E-state index is -0.406. The monoisotopic (exact) mass is 525 g/mol. The quantitative estimate of drug-likeness (QED) is 0.345. The van der Waals surface area contributed by atoms with Crippen molar-refractivity contribution in [3.05, 3.63) is 51.9 Å². The normalized spacial score (nSPS) is 16.7. The Morgan fingerprint density at radius 3 is 2.51 bits per heavy atom. The fourth-order valence-corrected chi connectivity index (χ4v) is 6.34. The molecule has 0 radical (unpaired) electrons. The van der Waals surface area contributed by atoms with Gasteiger partial charge in [0.1, 0.15) is 6.61 Å². The van der Waals surface area contributed by atoms with E-state index in [0.29, 0.717) is 36.1 Å². The van der Waals surface area contributed by atoms with Gasteiger partial charge in [0.25, 0.3) is 0 Å². The number of anilines is 1. The van der Waals surface area contributed by atoms with Gasteiger partial charge in [-0.3, -0.25) is 4.79 Å². The second-order valence-corrected chi connectivity index (χ2v) is 10.3. The number of methoxy groups -OCH3 is 1. The molecular weight excluding hydrogens is 490 g/mol. The standard InChI is InChI=1S/C29H35NO6S/c1-4-30(23-14-16-29(17-15-23)35-18-19-36-29)27-21(2)26(28(32)33-3)24(37-27)12-8-9-13-25(31)34-20-22-10-6-5-7-11-22/h5-7,10-11,23H,4,9,13-20H2,1-3H3.